The maximum Gasteiger partial charge on any atom is 0.339 e. The highest BCUT2D eigenvalue weighted by molar-refractivity contribution is 8.00. The molecule has 6 nitrogen and oxygen atoms in total. The molecule has 0 aliphatic rings. The van der Waals surface area contributed by atoms with E-state index >= 15 is 0 Å². The summed E-state index contributed by atoms with van der Waals surface area (Å²) >= 11 is 1.16. The van der Waals surface area contributed by atoms with Gasteiger partial charge in [-0.1, -0.05) is 30.3 Å². The molecule has 3 N–H and O–H groups in total. The number of benzene rings is 2. The zero-order chi connectivity index (χ0) is 20.3. The van der Waals surface area contributed by atoms with Gasteiger partial charge < -0.3 is 15.5 Å². The highest BCUT2D eigenvalue weighted by Crippen LogP contribution is 2.26. The molecule has 144 valence electrons. The summed E-state index contributed by atoms with van der Waals surface area (Å²) in [6.07, 6.45) is -0.959. The van der Waals surface area contributed by atoms with E-state index in [1.807, 2.05) is 31.2 Å². The van der Waals surface area contributed by atoms with Gasteiger partial charge in [0.25, 0.3) is 0 Å². The lowest BCUT2D eigenvalue weighted by atomic mass is 10.0. The van der Waals surface area contributed by atoms with Gasteiger partial charge in [0.2, 0.25) is 11.7 Å². The average molecular weight is 396 g/mol. The number of para-hydroxylation sites is 1. The third-order valence-corrected chi connectivity index (χ3v) is 5.37. The molecule has 1 aromatic heterocycles. The number of aryl methyl sites for hydroxylation is 1. The van der Waals surface area contributed by atoms with E-state index in [4.69, 9.17) is 10.5 Å². The fourth-order valence-corrected chi connectivity index (χ4v) is 3.76. The van der Waals surface area contributed by atoms with Gasteiger partial charge in [-0.2, -0.15) is 0 Å². The number of carbonyl (C=O) groups excluding carboxylic acids is 3. The summed E-state index contributed by atoms with van der Waals surface area (Å²) in [5.74, 6) is -1.32. The first-order valence-electron chi connectivity index (χ1n) is 8.71. The Bertz CT molecular complexity index is 1060. The highest BCUT2D eigenvalue weighted by atomic mass is 32.2. The predicted molar refractivity (Wildman–Crippen MR) is 109 cm³/mol. The van der Waals surface area contributed by atoms with Gasteiger partial charge in [-0.05, 0) is 32.0 Å². The van der Waals surface area contributed by atoms with Crippen LogP contribution in [-0.2, 0) is 9.53 Å². The number of rotatable bonds is 7. The first kappa shape index (κ1) is 19.7. The molecular formula is C21H20N2O4S. The van der Waals surface area contributed by atoms with Gasteiger partial charge in [0.05, 0.1) is 11.3 Å². The summed E-state index contributed by atoms with van der Waals surface area (Å²) in [5, 5.41) is 0.797. The number of hydrogen-bond donors (Lipinski definition) is 2. The second-order valence-corrected chi connectivity index (χ2v) is 7.35. The number of thioether (sulfide) groups is 1. The maximum absolute atomic E-state index is 12.9. The Morgan fingerprint density at radius 3 is 2.54 bits per heavy atom. The minimum atomic E-state index is -0.959. The van der Waals surface area contributed by atoms with Crippen LogP contribution in [0.3, 0.4) is 0 Å². The van der Waals surface area contributed by atoms with Gasteiger partial charge in [-0.3, -0.25) is 9.59 Å². The van der Waals surface area contributed by atoms with Gasteiger partial charge in [-0.15, -0.1) is 11.8 Å². The molecule has 0 saturated heterocycles. The molecule has 0 saturated carbocycles. The summed E-state index contributed by atoms with van der Waals surface area (Å²) in [4.78, 5) is 40.4. The number of esters is 1. The number of nitrogens with two attached hydrogens (primary N) is 1. The molecule has 1 amide bonds. The lowest BCUT2D eigenvalue weighted by Crippen LogP contribution is -2.25. The number of fused-ring (bicyclic) bond motifs is 1. The number of amides is 1. The number of primary amides is 1. The Labute approximate surface area is 166 Å². The van der Waals surface area contributed by atoms with E-state index in [1.54, 1.807) is 31.2 Å². The lowest BCUT2D eigenvalue weighted by Gasteiger charge is -2.14. The fraction of sp³-hybridized carbons (Fsp3) is 0.190. The molecule has 3 rings (SSSR count). The smallest absolute Gasteiger partial charge is 0.339 e. The average Bonchev–Trinajstić information content (AvgIpc) is 3.01. The van der Waals surface area contributed by atoms with Crippen molar-refractivity contribution in [1.82, 2.24) is 4.98 Å². The van der Waals surface area contributed by atoms with Crippen LogP contribution < -0.4 is 5.73 Å². The quantitative estimate of drug-likeness (QED) is 0.362. The number of aromatic amines is 1. The number of carbonyl (C=O) groups is 3. The standard InChI is InChI=1S/C21H20N2O4S/c1-12-19(14-7-3-5-9-16(14)23-12)20(25)13(2)27-21(26)15-8-4-6-10-17(15)28-11-18(22)24/h3-10,13,23H,11H2,1-2H3,(H2,22,24). The second-order valence-electron chi connectivity index (χ2n) is 6.33. The van der Waals surface area contributed by atoms with E-state index in [2.05, 4.69) is 4.98 Å². The van der Waals surface area contributed by atoms with Gasteiger partial charge in [0.15, 0.2) is 6.10 Å². The van der Waals surface area contributed by atoms with E-state index in [9.17, 15) is 14.4 Å². The zero-order valence-electron chi connectivity index (χ0n) is 15.5. The third kappa shape index (κ3) is 4.09. The van der Waals surface area contributed by atoms with Crippen molar-refractivity contribution in [2.45, 2.75) is 24.8 Å². The SMILES string of the molecule is Cc1[nH]c2ccccc2c1C(=O)C(C)OC(=O)c1ccccc1SCC(N)=O. The maximum atomic E-state index is 12.9. The van der Waals surface area contributed by atoms with Crippen molar-refractivity contribution in [1.29, 1.82) is 0 Å². The molecule has 28 heavy (non-hydrogen) atoms. The van der Waals surface area contributed by atoms with Crippen LogP contribution in [0, 0.1) is 6.92 Å². The van der Waals surface area contributed by atoms with Crippen LogP contribution >= 0.6 is 11.8 Å². The summed E-state index contributed by atoms with van der Waals surface area (Å²) < 4.78 is 5.44. The van der Waals surface area contributed by atoms with Crippen molar-refractivity contribution >= 4 is 40.3 Å². The van der Waals surface area contributed by atoms with Crippen LogP contribution in [0.2, 0.25) is 0 Å². The number of H-pyrrole nitrogens is 1. The Balaban J connectivity index is 1.80. The predicted octanol–water partition coefficient (Wildman–Crippen LogP) is 3.48. The van der Waals surface area contributed by atoms with Crippen LogP contribution in [0.15, 0.2) is 53.4 Å². The summed E-state index contributed by atoms with van der Waals surface area (Å²) in [6.45, 7) is 3.37. The molecule has 7 heteroatoms. The largest absolute Gasteiger partial charge is 0.451 e. The number of ketones is 1. The van der Waals surface area contributed by atoms with Gasteiger partial charge in [-0.25, -0.2) is 4.79 Å². The fourth-order valence-electron chi connectivity index (χ4n) is 2.99. The summed E-state index contributed by atoms with van der Waals surface area (Å²) in [6, 6.07) is 14.2. The van der Waals surface area contributed by atoms with Gasteiger partial charge in [0.1, 0.15) is 0 Å². The van der Waals surface area contributed by atoms with E-state index in [-0.39, 0.29) is 11.5 Å². The first-order chi connectivity index (χ1) is 13.4. The normalized spacial score (nSPS) is 11.9. The van der Waals surface area contributed by atoms with Crippen LogP contribution in [0.5, 0.6) is 0 Å². The highest BCUT2D eigenvalue weighted by Gasteiger charge is 2.25. The van der Waals surface area contributed by atoms with Crippen LogP contribution in [0.25, 0.3) is 10.9 Å². The Hall–Kier alpha value is -3.06. The molecule has 2 aromatic carbocycles. The Morgan fingerprint density at radius 2 is 1.79 bits per heavy atom. The number of hydrogen-bond acceptors (Lipinski definition) is 5. The van der Waals surface area contributed by atoms with Crippen molar-refractivity contribution < 1.29 is 19.1 Å². The molecule has 1 atom stereocenters. The first-order valence-corrected chi connectivity index (χ1v) is 9.69. The van der Waals surface area contributed by atoms with Crippen molar-refractivity contribution in [3.63, 3.8) is 0 Å². The molecule has 1 unspecified atom stereocenters. The molecular weight excluding hydrogens is 376 g/mol. The second kappa shape index (κ2) is 8.31. The molecule has 3 aromatic rings. The number of aromatic nitrogens is 1. The molecule has 0 fully saturated rings. The Kier molecular flexibility index (Phi) is 5.84. The van der Waals surface area contributed by atoms with E-state index in [1.165, 1.54) is 0 Å². The van der Waals surface area contributed by atoms with Gasteiger partial charge in [0, 0.05) is 27.1 Å². The van der Waals surface area contributed by atoms with Crippen LogP contribution in [0.1, 0.15) is 33.3 Å². The number of ether oxygens (including phenoxy) is 1. The number of nitrogens with one attached hydrogen (secondary N) is 1. The van der Waals surface area contributed by atoms with Crippen molar-refractivity contribution in [3.05, 3.63) is 65.4 Å². The molecule has 0 spiro atoms. The van der Waals surface area contributed by atoms with E-state index < -0.39 is 18.0 Å². The molecule has 1 heterocycles. The van der Waals surface area contributed by atoms with E-state index in [0.717, 1.165) is 28.4 Å². The summed E-state index contributed by atoms with van der Waals surface area (Å²) in [7, 11) is 0. The van der Waals surface area contributed by atoms with Crippen LogP contribution in [-0.4, -0.2) is 34.5 Å². The number of Topliss-reactive ketones (excluding diaryl/α,β-unsaturated/α-hetero) is 1. The Morgan fingerprint density at radius 1 is 1.11 bits per heavy atom. The van der Waals surface area contributed by atoms with E-state index in [0.29, 0.717) is 16.0 Å². The molecule has 0 bridgehead atoms. The van der Waals surface area contributed by atoms with Crippen LogP contribution in [0.4, 0.5) is 0 Å². The van der Waals surface area contributed by atoms with Gasteiger partial charge >= 0.3 is 5.97 Å². The minimum absolute atomic E-state index is 0.0489. The zero-order valence-corrected chi connectivity index (χ0v) is 16.3. The van der Waals surface area contributed by atoms with Crippen molar-refractivity contribution in [2.24, 2.45) is 5.73 Å². The summed E-state index contributed by atoms with van der Waals surface area (Å²) in [5.41, 5.74) is 7.58. The third-order valence-electron chi connectivity index (χ3n) is 4.27. The van der Waals surface area contributed by atoms with Crippen molar-refractivity contribution in [3.8, 4) is 0 Å². The monoisotopic (exact) mass is 396 g/mol. The molecule has 0 aliphatic heterocycles. The minimum Gasteiger partial charge on any atom is -0.451 e. The lowest BCUT2D eigenvalue weighted by molar-refractivity contribution is -0.115. The van der Waals surface area contributed by atoms with Crippen molar-refractivity contribution in [2.75, 3.05) is 5.75 Å². The molecule has 0 aliphatic carbocycles. The molecule has 0 radical (unpaired) electrons. The topological polar surface area (TPSA) is 102 Å².